The number of nitrogens with one attached hydrogen (secondary N) is 1. The lowest BCUT2D eigenvalue weighted by molar-refractivity contribution is 0.147. The lowest BCUT2D eigenvalue weighted by atomic mass is 10.2. The first-order valence-corrected chi connectivity index (χ1v) is 4.03. The van der Waals surface area contributed by atoms with Gasteiger partial charge in [-0.3, -0.25) is 5.10 Å². The molecule has 1 N–H and O–H groups in total. The highest BCUT2D eigenvalue weighted by Crippen LogP contribution is 2.32. The number of rotatable bonds is 2. The fourth-order valence-electron chi connectivity index (χ4n) is 1.39. The molecule has 0 aliphatic carbocycles. The van der Waals surface area contributed by atoms with Crippen molar-refractivity contribution >= 4 is 10.9 Å². The van der Waals surface area contributed by atoms with Gasteiger partial charge in [0.25, 0.3) is 6.43 Å². The number of aromatic nitrogens is 2. The van der Waals surface area contributed by atoms with Crippen LogP contribution < -0.4 is 4.74 Å². The second kappa shape index (κ2) is 3.25. The summed E-state index contributed by atoms with van der Waals surface area (Å²) < 4.78 is 30.0. The topological polar surface area (TPSA) is 37.9 Å². The van der Waals surface area contributed by atoms with Crippen molar-refractivity contribution in [2.75, 3.05) is 7.11 Å². The molecule has 0 saturated heterocycles. The molecule has 5 heteroatoms. The van der Waals surface area contributed by atoms with E-state index >= 15 is 0 Å². The van der Waals surface area contributed by atoms with E-state index in [1.807, 2.05) is 0 Å². The van der Waals surface area contributed by atoms with Crippen molar-refractivity contribution in [1.29, 1.82) is 0 Å². The van der Waals surface area contributed by atoms with Crippen LogP contribution in [0.1, 0.15) is 12.1 Å². The van der Waals surface area contributed by atoms with E-state index in [0.29, 0.717) is 16.7 Å². The minimum atomic E-state index is -2.57. The Bertz CT molecular complexity index is 453. The number of aromatic amines is 1. The highest BCUT2D eigenvalue weighted by Gasteiger charge is 2.17. The average molecular weight is 198 g/mol. The van der Waals surface area contributed by atoms with Crippen molar-refractivity contribution < 1.29 is 13.5 Å². The molecule has 0 saturated carbocycles. The average Bonchev–Trinajstić information content (AvgIpc) is 2.60. The summed E-state index contributed by atoms with van der Waals surface area (Å²) in [5.41, 5.74) is 0.289. The summed E-state index contributed by atoms with van der Waals surface area (Å²) >= 11 is 0. The van der Waals surface area contributed by atoms with E-state index in [-0.39, 0.29) is 5.69 Å². The van der Waals surface area contributed by atoms with Gasteiger partial charge in [0, 0.05) is 0 Å². The van der Waals surface area contributed by atoms with Crippen LogP contribution in [-0.2, 0) is 0 Å². The van der Waals surface area contributed by atoms with Crippen LogP contribution in [0.4, 0.5) is 8.78 Å². The molecule has 0 amide bonds. The SMILES string of the molecule is COc1cccc2n[nH]c(C(F)F)c12. The van der Waals surface area contributed by atoms with Gasteiger partial charge in [-0.25, -0.2) is 8.78 Å². The van der Waals surface area contributed by atoms with Crippen LogP contribution >= 0.6 is 0 Å². The molecule has 0 fully saturated rings. The Hall–Kier alpha value is -1.65. The van der Waals surface area contributed by atoms with Gasteiger partial charge in [0.05, 0.1) is 18.0 Å². The fourth-order valence-corrected chi connectivity index (χ4v) is 1.39. The Morgan fingerprint density at radius 1 is 1.43 bits per heavy atom. The largest absolute Gasteiger partial charge is 0.496 e. The van der Waals surface area contributed by atoms with E-state index in [2.05, 4.69) is 10.2 Å². The molecule has 14 heavy (non-hydrogen) atoms. The molecule has 1 aromatic carbocycles. The van der Waals surface area contributed by atoms with Crippen LogP contribution in [0.5, 0.6) is 5.75 Å². The van der Waals surface area contributed by atoms with E-state index in [1.165, 1.54) is 7.11 Å². The number of H-pyrrole nitrogens is 1. The molecular formula is C9H8F2N2O. The molecule has 0 bridgehead atoms. The zero-order valence-electron chi connectivity index (χ0n) is 7.42. The summed E-state index contributed by atoms with van der Waals surface area (Å²) in [6, 6.07) is 4.99. The number of nitrogens with zero attached hydrogens (tertiary/aromatic N) is 1. The lowest BCUT2D eigenvalue weighted by Crippen LogP contribution is -1.88. The number of methoxy groups -OCH3 is 1. The van der Waals surface area contributed by atoms with Gasteiger partial charge in [-0.2, -0.15) is 5.10 Å². The number of hydrogen-bond donors (Lipinski definition) is 1. The van der Waals surface area contributed by atoms with Gasteiger partial charge in [-0.15, -0.1) is 0 Å². The van der Waals surface area contributed by atoms with Crippen LogP contribution in [0.25, 0.3) is 10.9 Å². The third-order valence-corrected chi connectivity index (χ3v) is 2.01. The van der Waals surface area contributed by atoms with E-state index in [1.54, 1.807) is 18.2 Å². The van der Waals surface area contributed by atoms with Gasteiger partial charge in [-0.1, -0.05) is 6.07 Å². The second-order valence-electron chi connectivity index (χ2n) is 2.79. The van der Waals surface area contributed by atoms with E-state index < -0.39 is 6.43 Å². The molecule has 2 rings (SSSR count). The highest BCUT2D eigenvalue weighted by molar-refractivity contribution is 5.87. The van der Waals surface area contributed by atoms with Crippen LogP contribution in [0.15, 0.2) is 18.2 Å². The van der Waals surface area contributed by atoms with Crippen molar-refractivity contribution in [2.45, 2.75) is 6.43 Å². The quantitative estimate of drug-likeness (QED) is 0.805. The molecule has 0 atom stereocenters. The van der Waals surface area contributed by atoms with Crippen molar-refractivity contribution in [1.82, 2.24) is 10.2 Å². The van der Waals surface area contributed by atoms with Crippen molar-refractivity contribution in [3.63, 3.8) is 0 Å². The summed E-state index contributed by atoms with van der Waals surface area (Å²) in [6.07, 6.45) is -2.57. The zero-order valence-corrected chi connectivity index (χ0v) is 7.42. The third kappa shape index (κ3) is 1.21. The summed E-state index contributed by atoms with van der Waals surface area (Å²) in [5, 5.41) is 6.42. The molecule has 1 heterocycles. The molecule has 0 radical (unpaired) electrons. The molecule has 1 aromatic heterocycles. The minimum Gasteiger partial charge on any atom is -0.496 e. The normalized spacial score (nSPS) is 11.1. The van der Waals surface area contributed by atoms with Gasteiger partial charge >= 0.3 is 0 Å². The Labute approximate surface area is 78.7 Å². The Kier molecular flexibility index (Phi) is 2.07. The van der Waals surface area contributed by atoms with Crippen molar-refractivity contribution in [2.24, 2.45) is 0 Å². The highest BCUT2D eigenvalue weighted by atomic mass is 19.3. The maximum atomic E-state index is 12.5. The predicted molar refractivity (Wildman–Crippen MR) is 47.6 cm³/mol. The van der Waals surface area contributed by atoms with Crippen LogP contribution in [0.3, 0.4) is 0 Å². The van der Waals surface area contributed by atoms with Gasteiger partial charge in [0.1, 0.15) is 11.4 Å². The van der Waals surface area contributed by atoms with E-state index in [9.17, 15) is 8.78 Å². The number of hydrogen-bond acceptors (Lipinski definition) is 2. The van der Waals surface area contributed by atoms with Gasteiger partial charge in [0.15, 0.2) is 0 Å². The standard InChI is InChI=1S/C9H8F2N2O/c1-14-6-4-2-3-5-7(6)8(9(10)11)13-12-5/h2-4,9H,1H3,(H,12,13). The lowest BCUT2D eigenvalue weighted by Gasteiger charge is -2.02. The maximum Gasteiger partial charge on any atom is 0.280 e. The summed E-state index contributed by atoms with van der Waals surface area (Å²) in [5.74, 6) is 0.409. The molecule has 2 aromatic rings. The molecule has 0 aliphatic heterocycles. The first-order valence-electron chi connectivity index (χ1n) is 4.03. The van der Waals surface area contributed by atoms with Crippen LogP contribution in [-0.4, -0.2) is 17.3 Å². The fraction of sp³-hybridized carbons (Fsp3) is 0.222. The maximum absolute atomic E-state index is 12.5. The monoisotopic (exact) mass is 198 g/mol. The summed E-state index contributed by atoms with van der Waals surface area (Å²) in [7, 11) is 1.44. The van der Waals surface area contributed by atoms with E-state index in [0.717, 1.165) is 0 Å². The molecule has 0 aliphatic rings. The van der Waals surface area contributed by atoms with Gasteiger partial charge < -0.3 is 4.74 Å². The molecule has 0 unspecified atom stereocenters. The van der Waals surface area contributed by atoms with Gasteiger partial charge in [-0.05, 0) is 12.1 Å². The minimum absolute atomic E-state index is 0.197. The second-order valence-corrected chi connectivity index (χ2v) is 2.79. The first-order chi connectivity index (χ1) is 6.74. The first kappa shape index (κ1) is 8.93. The summed E-state index contributed by atoms with van der Waals surface area (Å²) in [6.45, 7) is 0. The van der Waals surface area contributed by atoms with Crippen LogP contribution in [0, 0.1) is 0 Å². The Morgan fingerprint density at radius 2 is 2.21 bits per heavy atom. The molecule has 0 spiro atoms. The number of benzene rings is 1. The van der Waals surface area contributed by atoms with Crippen molar-refractivity contribution in [3.8, 4) is 5.75 Å². The van der Waals surface area contributed by atoms with Crippen molar-refractivity contribution in [3.05, 3.63) is 23.9 Å². The smallest absolute Gasteiger partial charge is 0.280 e. The zero-order chi connectivity index (χ0) is 10.1. The number of halogens is 2. The number of fused-ring (bicyclic) bond motifs is 1. The van der Waals surface area contributed by atoms with E-state index in [4.69, 9.17) is 4.74 Å². The molecular weight excluding hydrogens is 190 g/mol. The third-order valence-electron chi connectivity index (χ3n) is 2.01. The number of alkyl halides is 2. The summed E-state index contributed by atoms with van der Waals surface area (Å²) in [4.78, 5) is 0. The Balaban J connectivity index is 2.74. The van der Waals surface area contributed by atoms with Crippen LogP contribution in [0.2, 0.25) is 0 Å². The van der Waals surface area contributed by atoms with Gasteiger partial charge in [0.2, 0.25) is 0 Å². The molecule has 3 nitrogen and oxygen atoms in total. The predicted octanol–water partition coefficient (Wildman–Crippen LogP) is 2.51. The number of ether oxygens (including phenoxy) is 1. The molecule has 74 valence electrons. The Morgan fingerprint density at radius 3 is 2.86 bits per heavy atom.